The molecule has 3 heterocycles. The molecule has 242 valence electrons. The third-order valence-electron chi connectivity index (χ3n) is 6.15. The predicted octanol–water partition coefficient (Wildman–Crippen LogP) is 6.20. The fraction of sp³-hybridized carbons (Fsp3) is 0.172. The van der Waals surface area contributed by atoms with E-state index in [2.05, 4.69) is 19.9 Å². The smallest absolute Gasteiger partial charge is 0.384 e. The second-order valence-electron chi connectivity index (χ2n) is 9.28. The van der Waals surface area contributed by atoms with Crippen molar-refractivity contribution >= 4 is 38.4 Å². The Bertz CT molecular complexity index is 2010. The van der Waals surface area contributed by atoms with Crippen LogP contribution in [0.15, 0.2) is 65.7 Å². The van der Waals surface area contributed by atoms with Crippen LogP contribution in [0.1, 0.15) is 19.4 Å². The van der Waals surface area contributed by atoms with Gasteiger partial charge in [-0.1, -0.05) is 6.07 Å². The summed E-state index contributed by atoms with van der Waals surface area (Å²) < 4.78 is 116. The van der Waals surface area contributed by atoms with Gasteiger partial charge >= 0.3 is 6.18 Å². The molecule has 46 heavy (non-hydrogen) atoms. The van der Waals surface area contributed by atoms with Gasteiger partial charge in [0.1, 0.15) is 27.9 Å². The summed E-state index contributed by atoms with van der Waals surface area (Å²) in [6, 6.07) is 8.57. The fourth-order valence-electron chi connectivity index (χ4n) is 4.09. The Morgan fingerprint density at radius 3 is 2.26 bits per heavy atom. The number of sulfonamides is 1. The second kappa shape index (κ2) is 13.5. The maximum absolute atomic E-state index is 15.4. The number of anilines is 3. The lowest BCUT2D eigenvalue weighted by molar-refractivity contribution is -0.137. The summed E-state index contributed by atoms with van der Waals surface area (Å²) in [6.45, 7) is 5.67. The summed E-state index contributed by atoms with van der Waals surface area (Å²) in [5.41, 5.74) is 8.81. The maximum Gasteiger partial charge on any atom is 0.417 e. The highest BCUT2D eigenvalue weighted by atomic mass is 32.2. The van der Waals surface area contributed by atoms with Crippen LogP contribution < -0.4 is 16.2 Å². The Balaban J connectivity index is 0.000000892. The van der Waals surface area contributed by atoms with Crippen molar-refractivity contribution in [2.75, 3.05) is 29.4 Å². The van der Waals surface area contributed by atoms with E-state index in [1.54, 1.807) is 0 Å². The number of nitrogen functional groups attached to an aromatic ring is 2. The second-order valence-corrected chi connectivity index (χ2v) is 10.9. The fourth-order valence-corrected chi connectivity index (χ4v) is 5.24. The quantitative estimate of drug-likeness (QED) is 0.172. The molecule has 10 nitrogen and oxygen atoms in total. The highest BCUT2D eigenvalue weighted by Crippen LogP contribution is 2.37. The number of nitrogens with zero attached hydrogens (tertiary/aromatic N) is 4. The molecule has 0 spiro atoms. The van der Waals surface area contributed by atoms with E-state index in [1.807, 2.05) is 18.6 Å². The third kappa shape index (κ3) is 7.43. The zero-order valence-electron chi connectivity index (χ0n) is 24.0. The van der Waals surface area contributed by atoms with Crippen LogP contribution >= 0.6 is 0 Å². The summed E-state index contributed by atoms with van der Waals surface area (Å²) in [7, 11) is -4.74. The van der Waals surface area contributed by atoms with Crippen molar-refractivity contribution in [2.24, 2.45) is 0 Å². The molecule has 0 radical (unpaired) electrons. The van der Waals surface area contributed by atoms with Gasteiger partial charge in [0.15, 0.2) is 17.5 Å². The van der Waals surface area contributed by atoms with Gasteiger partial charge in [0.2, 0.25) is 0 Å². The molecule has 2 aromatic carbocycles. The number of alkyl halides is 3. The zero-order valence-corrected chi connectivity index (χ0v) is 24.8. The van der Waals surface area contributed by atoms with Gasteiger partial charge in [-0.3, -0.25) is 4.72 Å². The van der Waals surface area contributed by atoms with Crippen molar-refractivity contribution in [3.8, 4) is 22.6 Å². The molecule has 0 unspecified atom stereocenters. The number of rotatable bonds is 7. The Hall–Kier alpha value is -5.03. The van der Waals surface area contributed by atoms with E-state index in [0.29, 0.717) is 18.2 Å². The van der Waals surface area contributed by atoms with Crippen LogP contribution in [0.2, 0.25) is 0 Å². The van der Waals surface area contributed by atoms with Crippen molar-refractivity contribution in [1.29, 1.82) is 0 Å². The van der Waals surface area contributed by atoms with Crippen molar-refractivity contribution in [1.82, 2.24) is 19.9 Å². The average Bonchev–Trinajstić information content (AvgIpc) is 2.99. The van der Waals surface area contributed by atoms with Crippen LogP contribution in [-0.2, 0) is 20.9 Å². The van der Waals surface area contributed by atoms with E-state index < -0.39 is 61.2 Å². The largest absolute Gasteiger partial charge is 0.417 e. The molecule has 0 fully saturated rings. The minimum atomic E-state index is -4.80. The van der Waals surface area contributed by atoms with Crippen LogP contribution in [0.3, 0.4) is 0 Å². The number of aromatic nitrogens is 4. The molecule has 0 saturated carbocycles. The summed E-state index contributed by atoms with van der Waals surface area (Å²) in [5.74, 6) is -4.50. The van der Waals surface area contributed by atoms with Gasteiger partial charge in [-0.2, -0.15) is 13.2 Å². The number of nitrogens with one attached hydrogen (secondary N) is 1. The van der Waals surface area contributed by atoms with Crippen molar-refractivity contribution in [2.45, 2.75) is 24.9 Å². The van der Waals surface area contributed by atoms with Gasteiger partial charge in [-0.05, 0) is 62.4 Å². The molecule has 3 aromatic heterocycles. The Labute approximate surface area is 258 Å². The number of fused-ring (bicyclic) bond motifs is 1. The average molecular weight is 666 g/mol. The molecule has 5 rings (SSSR count). The molecule has 0 aliphatic heterocycles. The Kier molecular flexibility index (Phi) is 9.96. The van der Waals surface area contributed by atoms with E-state index >= 15 is 4.39 Å². The molecule has 0 amide bonds. The lowest BCUT2D eigenvalue weighted by Gasteiger charge is -2.14. The number of hydrogen-bond acceptors (Lipinski definition) is 9. The lowest BCUT2D eigenvalue weighted by atomic mass is 10.1. The van der Waals surface area contributed by atoms with Crippen molar-refractivity contribution in [3.05, 3.63) is 83.8 Å². The van der Waals surface area contributed by atoms with Gasteiger partial charge in [-0.15, -0.1) is 0 Å². The van der Waals surface area contributed by atoms with Crippen LogP contribution in [0.25, 0.3) is 33.7 Å². The van der Waals surface area contributed by atoms with Crippen molar-refractivity contribution in [3.63, 3.8) is 0 Å². The van der Waals surface area contributed by atoms with Crippen LogP contribution in [0.4, 0.5) is 43.7 Å². The molecule has 0 saturated heterocycles. The van der Waals surface area contributed by atoms with E-state index in [9.17, 15) is 30.4 Å². The van der Waals surface area contributed by atoms with Crippen LogP contribution in [0, 0.1) is 17.5 Å². The molecule has 0 aliphatic carbocycles. The number of nitrogens with two attached hydrogens (primary N) is 2. The molecule has 5 N–H and O–H groups in total. The normalized spacial score (nSPS) is 11.7. The number of hydrogen-bond donors (Lipinski definition) is 3. The molecule has 0 atom stereocenters. The van der Waals surface area contributed by atoms with E-state index in [0.717, 1.165) is 31.5 Å². The molecule has 0 aliphatic rings. The topological polar surface area (TPSA) is 159 Å². The summed E-state index contributed by atoms with van der Waals surface area (Å²) in [4.78, 5) is 14.9. The summed E-state index contributed by atoms with van der Waals surface area (Å²) >= 11 is 0. The first-order chi connectivity index (χ1) is 21.7. The molecule has 0 bridgehead atoms. The van der Waals surface area contributed by atoms with E-state index in [-0.39, 0.29) is 33.9 Å². The molecular formula is C29H25F6N7O3S. The predicted molar refractivity (Wildman–Crippen MR) is 159 cm³/mol. The van der Waals surface area contributed by atoms with Crippen molar-refractivity contribution < 1.29 is 39.5 Å². The van der Waals surface area contributed by atoms with Crippen LogP contribution in [0.5, 0.6) is 0 Å². The summed E-state index contributed by atoms with van der Waals surface area (Å²) in [5, 5.41) is 0. The van der Waals surface area contributed by atoms with E-state index in [1.165, 1.54) is 24.3 Å². The molecule has 5 aromatic rings. The van der Waals surface area contributed by atoms with Crippen LogP contribution in [-0.4, -0.2) is 41.6 Å². The molecule has 17 heteroatoms. The first-order valence-corrected chi connectivity index (χ1v) is 14.8. The Morgan fingerprint density at radius 1 is 0.891 bits per heavy atom. The summed E-state index contributed by atoms with van der Waals surface area (Å²) in [6.07, 6.45) is -3.94. The van der Waals surface area contributed by atoms with Gasteiger partial charge in [-0.25, -0.2) is 41.5 Å². The van der Waals surface area contributed by atoms with Gasteiger partial charge < -0.3 is 16.2 Å². The lowest BCUT2D eigenvalue weighted by Crippen LogP contribution is -2.16. The number of halogens is 6. The highest BCUT2D eigenvalue weighted by Gasteiger charge is 2.35. The maximum atomic E-state index is 15.4. The SMILES string of the molecule is CCOCC.Nc1cc(C(F)(F)F)c(-c2nc(N)c3nc(-c4cccc(NS(=O)(=O)c5cc(F)ccc5F)c4F)ccc3n2)cn1. The van der Waals surface area contributed by atoms with E-state index in [4.69, 9.17) is 16.2 Å². The third-order valence-corrected chi connectivity index (χ3v) is 7.53. The number of benzene rings is 2. The molecular weight excluding hydrogens is 640 g/mol. The Morgan fingerprint density at radius 2 is 1.61 bits per heavy atom. The first-order valence-electron chi connectivity index (χ1n) is 13.3. The van der Waals surface area contributed by atoms with Gasteiger partial charge in [0, 0.05) is 30.5 Å². The standard InChI is InChI=1S/C25H15F6N7O2S.C4H10O/c26-11-4-5-15(27)19(8-11)41(39,40)38-17-3-1-2-12(21(17)28)16-6-7-18-22(35-16)23(33)37-24(36-18)13-10-34-20(32)9-14(13)25(29,30)31;1-3-5-4-2/h1-10,38H,(H2,32,34)(H2,33,36,37);3-4H2,1-2H3. The number of pyridine rings is 2. The zero-order chi connectivity index (χ0) is 33.8. The number of ether oxygens (including phenoxy) is 1. The van der Waals surface area contributed by atoms with Gasteiger partial charge in [0.25, 0.3) is 10.0 Å². The van der Waals surface area contributed by atoms with Gasteiger partial charge in [0.05, 0.1) is 22.5 Å². The first kappa shape index (κ1) is 33.9. The highest BCUT2D eigenvalue weighted by molar-refractivity contribution is 7.92. The minimum Gasteiger partial charge on any atom is -0.384 e. The minimum absolute atomic E-state index is 0.0139. The monoisotopic (exact) mass is 665 g/mol.